The van der Waals surface area contributed by atoms with Gasteiger partial charge in [0.2, 0.25) is 0 Å². The van der Waals surface area contributed by atoms with Gasteiger partial charge in [0.15, 0.2) is 0 Å². The topological polar surface area (TPSA) is 51.6 Å². The second-order valence-electron chi connectivity index (χ2n) is 4.77. The number of rotatable bonds is 3. The molecule has 0 aromatic carbocycles. The highest BCUT2D eigenvalue weighted by Crippen LogP contribution is 2.17. The van der Waals surface area contributed by atoms with Gasteiger partial charge in [0.05, 0.1) is 12.6 Å². The van der Waals surface area contributed by atoms with E-state index in [2.05, 4.69) is 17.9 Å². The number of hydrogen-bond acceptors (Lipinski definition) is 4. The van der Waals surface area contributed by atoms with E-state index in [0.717, 1.165) is 49.7 Å². The average Bonchev–Trinajstić information content (AvgIpc) is 2.50. The van der Waals surface area contributed by atoms with Crippen LogP contribution in [0.25, 0.3) is 0 Å². The van der Waals surface area contributed by atoms with Crippen molar-refractivity contribution < 1.29 is 9.15 Å². The molecule has 1 aromatic heterocycles. The summed E-state index contributed by atoms with van der Waals surface area (Å²) in [7, 11) is 0. The van der Waals surface area contributed by atoms with Crippen LogP contribution in [-0.2, 0) is 17.8 Å². The van der Waals surface area contributed by atoms with Crippen LogP contribution < -0.4 is 5.73 Å². The summed E-state index contributed by atoms with van der Waals surface area (Å²) in [5.41, 5.74) is 6.76. The molecular formula is C13H22N2O2. The molecule has 0 aliphatic carbocycles. The molecule has 2 N–H and O–H groups in total. The van der Waals surface area contributed by atoms with Gasteiger partial charge in [0, 0.05) is 31.8 Å². The number of nitrogens with two attached hydrogens (primary N) is 1. The van der Waals surface area contributed by atoms with Crippen molar-refractivity contribution in [2.45, 2.75) is 39.5 Å². The molecule has 4 heteroatoms. The first-order chi connectivity index (χ1) is 8.19. The van der Waals surface area contributed by atoms with Crippen molar-refractivity contribution in [2.24, 2.45) is 5.73 Å². The number of aryl methyl sites for hydroxylation is 1. The monoisotopic (exact) mass is 238 g/mol. The second kappa shape index (κ2) is 5.67. The van der Waals surface area contributed by atoms with Crippen LogP contribution in [-0.4, -0.2) is 30.7 Å². The summed E-state index contributed by atoms with van der Waals surface area (Å²) in [6, 6.07) is 2.08. The van der Waals surface area contributed by atoms with Gasteiger partial charge in [-0.3, -0.25) is 4.90 Å². The fourth-order valence-electron chi connectivity index (χ4n) is 2.31. The van der Waals surface area contributed by atoms with E-state index in [1.165, 1.54) is 0 Å². The van der Waals surface area contributed by atoms with Crippen LogP contribution in [0.2, 0.25) is 0 Å². The minimum atomic E-state index is 0.308. The van der Waals surface area contributed by atoms with Gasteiger partial charge in [0.1, 0.15) is 11.5 Å². The van der Waals surface area contributed by atoms with Gasteiger partial charge in [-0.1, -0.05) is 0 Å². The van der Waals surface area contributed by atoms with E-state index in [1.54, 1.807) is 0 Å². The van der Waals surface area contributed by atoms with E-state index < -0.39 is 0 Å². The SMILES string of the molecule is Cc1oc(CN2CCCOC(C)C2)cc1CN. The van der Waals surface area contributed by atoms with Gasteiger partial charge in [0.25, 0.3) is 0 Å². The van der Waals surface area contributed by atoms with Gasteiger partial charge in [-0.15, -0.1) is 0 Å². The van der Waals surface area contributed by atoms with Gasteiger partial charge >= 0.3 is 0 Å². The number of hydrogen-bond donors (Lipinski definition) is 1. The van der Waals surface area contributed by atoms with Crippen molar-refractivity contribution in [3.05, 3.63) is 23.2 Å². The Labute approximate surface area is 103 Å². The molecule has 4 nitrogen and oxygen atoms in total. The lowest BCUT2D eigenvalue weighted by Gasteiger charge is -2.20. The van der Waals surface area contributed by atoms with Crippen molar-refractivity contribution in [1.82, 2.24) is 4.90 Å². The zero-order valence-corrected chi connectivity index (χ0v) is 10.7. The molecule has 0 amide bonds. The molecule has 2 heterocycles. The highest BCUT2D eigenvalue weighted by Gasteiger charge is 2.17. The summed E-state index contributed by atoms with van der Waals surface area (Å²) in [6.45, 7) is 8.41. The van der Waals surface area contributed by atoms with Crippen LogP contribution in [0.5, 0.6) is 0 Å². The zero-order chi connectivity index (χ0) is 12.3. The Morgan fingerprint density at radius 1 is 1.53 bits per heavy atom. The third-order valence-electron chi connectivity index (χ3n) is 3.21. The molecule has 1 unspecified atom stereocenters. The molecule has 1 atom stereocenters. The summed E-state index contributed by atoms with van der Waals surface area (Å²) in [5, 5.41) is 0. The first-order valence-corrected chi connectivity index (χ1v) is 6.31. The van der Waals surface area contributed by atoms with Crippen LogP contribution in [0.1, 0.15) is 30.4 Å². The normalized spacial score (nSPS) is 22.6. The molecule has 1 saturated heterocycles. The Hall–Kier alpha value is -0.840. The minimum Gasteiger partial charge on any atom is -0.465 e. The van der Waals surface area contributed by atoms with E-state index in [1.807, 2.05) is 6.92 Å². The summed E-state index contributed by atoms with van der Waals surface area (Å²) >= 11 is 0. The predicted octanol–water partition coefficient (Wildman–Crippen LogP) is 1.66. The molecule has 1 aliphatic heterocycles. The molecule has 1 fully saturated rings. The lowest BCUT2D eigenvalue weighted by molar-refractivity contribution is 0.0658. The summed E-state index contributed by atoms with van der Waals surface area (Å²) in [4.78, 5) is 2.39. The Morgan fingerprint density at radius 2 is 2.35 bits per heavy atom. The molecule has 0 saturated carbocycles. The van der Waals surface area contributed by atoms with E-state index in [4.69, 9.17) is 14.9 Å². The molecule has 1 aromatic rings. The predicted molar refractivity (Wildman–Crippen MR) is 66.6 cm³/mol. The molecule has 1 aliphatic rings. The van der Waals surface area contributed by atoms with Crippen LogP contribution in [0.4, 0.5) is 0 Å². The third kappa shape index (κ3) is 3.31. The Balaban J connectivity index is 1.98. The van der Waals surface area contributed by atoms with Crippen LogP contribution in [0.3, 0.4) is 0 Å². The maximum absolute atomic E-state index is 5.72. The van der Waals surface area contributed by atoms with Crippen molar-refractivity contribution in [3.8, 4) is 0 Å². The maximum Gasteiger partial charge on any atom is 0.118 e. The zero-order valence-electron chi connectivity index (χ0n) is 10.7. The molecule has 0 radical (unpaired) electrons. The third-order valence-corrected chi connectivity index (χ3v) is 3.21. The summed E-state index contributed by atoms with van der Waals surface area (Å²) in [6.07, 6.45) is 1.40. The molecule has 0 bridgehead atoms. The van der Waals surface area contributed by atoms with Crippen LogP contribution >= 0.6 is 0 Å². The highest BCUT2D eigenvalue weighted by molar-refractivity contribution is 5.20. The largest absolute Gasteiger partial charge is 0.465 e. The quantitative estimate of drug-likeness (QED) is 0.870. The van der Waals surface area contributed by atoms with Crippen molar-refractivity contribution in [2.75, 3.05) is 19.7 Å². The first kappa shape index (κ1) is 12.6. The van der Waals surface area contributed by atoms with Gasteiger partial charge < -0.3 is 14.9 Å². The minimum absolute atomic E-state index is 0.308. The standard InChI is InChI=1S/C13H22N2O2/c1-10-8-15(4-3-5-16-10)9-13-6-12(7-14)11(2)17-13/h6,10H,3-5,7-9,14H2,1-2H3. The van der Waals surface area contributed by atoms with Gasteiger partial charge in [-0.25, -0.2) is 0 Å². The van der Waals surface area contributed by atoms with Crippen molar-refractivity contribution >= 4 is 0 Å². The van der Waals surface area contributed by atoms with E-state index in [-0.39, 0.29) is 0 Å². The fourth-order valence-corrected chi connectivity index (χ4v) is 2.31. The lowest BCUT2D eigenvalue weighted by atomic mass is 10.2. The first-order valence-electron chi connectivity index (χ1n) is 6.31. The average molecular weight is 238 g/mol. The fraction of sp³-hybridized carbons (Fsp3) is 0.692. The number of ether oxygens (including phenoxy) is 1. The van der Waals surface area contributed by atoms with E-state index in [9.17, 15) is 0 Å². The highest BCUT2D eigenvalue weighted by atomic mass is 16.5. The summed E-state index contributed by atoms with van der Waals surface area (Å²) < 4.78 is 11.4. The van der Waals surface area contributed by atoms with Crippen LogP contribution in [0.15, 0.2) is 10.5 Å². The van der Waals surface area contributed by atoms with Crippen molar-refractivity contribution in [1.29, 1.82) is 0 Å². The number of furan rings is 1. The summed E-state index contributed by atoms with van der Waals surface area (Å²) in [5.74, 6) is 1.96. The Bertz CT molecular complexity index is 362. The smallest absolute Gasteiger partial charge is 0.118 e. The van der Waals surface area contributed by atoms with E-state index >= 15 is 0 Å². The molecule has 17 heavy (non-hydrogen) atoms. The van der Waals surface area contributed by atoms with Gasteiger partial charge in [-0.05, 0) is 26.3 Å². The molecule has 0 spiro atoms. The second-order valence-corrected chi connectivity index (χ2v) is 4.77. The van der Waals surface area contributed by atoms with E-state index in [0.29, 0.717) is 12.6 Å². The molecule has 96 valence electrons. The lowest BCUT2D eigenvalue weighted by Crippen LogP contribution is -2.29. The molecule has 2 rings (SSSR count). The Kier molecular flexibility index (Phi) is 4.20. The number of nitrogens with zero attached hydrogens (tertiary/aromatic N) is 1. The van der Waals surface area contributed by atoms with Crippen LogP contribution in [0, 0.1) is 6.92 Å². The van der Waals surface area contributed by atoms with Gasteiger partial charge in [-0.2, -0.15) is 0 Å². The maximum atomic E-state index is 5.72. The Morgan fingerprint density at radius 3 is 3.06 bits per heavy atom. The molecular weight excluding hydrogens is 216 g/mol. The van der Waals surface area contributed by atoms with Crippen molar-refractivity contribution in [3.63, 3.8) is 0 Å².